The quantitative estimate of drug-likeness (QED) is 0.498. The van der Waals surface area contributed by atoms with Crippen LogP contribution in [0.5, 0.6) is 5.75 Å². The highest BCUT2D eigenvalue weighted by atomic mass is 35.5. The molecule has 4 aliphatic rings. The number of hydrogen-bond donors (Lipinski definition) is 1. The molecule has 2 bridgehead atoms. The van der Waals surface area contributed by atoms with Crippen LogP contribution in [0, 0.1) is 5.41 Å². The number of ether oxygens (including phenoxy) is 1. The highest BCUT2D eigenvalue weighted by Crippen LogP contribution is 2.75. The third-order valence-electron chi connectivity index (χ3n) is 7.74. The number of alkyl halides is 2. The Bertz CT molecular complexity index is 1300. The number of hydrogen-bond acceptors (Lipinski definition) is 5. The molecule has 0 saturated heterocycles. The second-order valence-corrected chi connectivity index (χ2v) is 10.9. The second-order valence-electron chi connectivity index (χ2n) is 10.5. The van der Waals surface area contributed by atoms with Crippen molar-refractivity contribution in [2.24, 2.45) is 5.41 Å². The van der Waals surface area contributed by atoms with E-state index in [9.17, 15) is 18.7 Å². The van der Waals surface area contributed by atoms with Gasteiger partial charge in [0.1, 0.15) is 11.4 Å². The molecule has 0 unspecified atom stereocenters. The SMILES string of the molecule is CC(F)(F)c1ccc(-n2cc(C34CC(CC(=O)[C@@H]5C[C@@H](O)c6cc(Cl)ccc6O5)(C3)C4)cn2)cn1. The zero-order valence-corrected chi connectivity index (χ0v) is 19.8. The first-order chi connectivity index (χ1) is 16.6. The minimum atomic E-state index is -2.98. The molecule has 3 aliphatic carbocycles. The van der Waals surface area contributed by atoms with E-state index in [1.807, 2.05) is 12.4 Å². The fourth-order valence-corrected chi connectivity index (χ4v) is 6.29. The Hall–Kier alpha value is -2.84. The van der Waals surface area contributed by atoms with Crippen LogP contribution in [0.3, 0.4) is 0 Å². The largest absolute Gasteiger partial charge is 0.482 e. The summed E-state index contributed by atoms with van der Waals surface area (Å²) < 4.78 is 34.4. The number of carbonyl (C=O) groups is 1. The Morgan fingerprint density at radius 2 is 2.03 bits per heavy atom. The van der Waals surface area contributed by atoms with Crippen LogP contribution in [0.25, 0.3) is 5.69 Å². The topological polar surface area (TPSA) is 77.2 Å². The van der Waals surface area contributed by atoms with Crippen molar-refractivity contribution in [3.05, 3.63) is 70.8 Å². The molecule has 3 aromatic rings. The van der Waals surface area contributed by atoms with Crippen LogP contribution in [0.1, 0.15) is 62.0 Å². The summed E-state index contributed by atoms with van der Waals surface area (Å²) in [5.41, 5.74) is 2.04. The molecule has 7 rings (SSSR count). The van der Waals surface area contributed by atoms with Crippen LogP contribution in [0.15, 0.2) is 48.9 Å². The minimum Gasteiger partial charge on any atom is -0.482 e. The molecule has 3 fully saturated rings. The third kappa shape index (κ3) is 3.74. The molecule has 0 amide bonds. The van der Waals surface area contributed by atoms with E-state index >= 15 is 0 Å². The number of nitrogens with zero attached hydrogens (tertiary/aromatic N) is 3. The van der Waals surface area contributed by atoms with Gasteiger partial charge in [-0.2, -0.15) is 13.9 Å². The molecule has 3 heterocycles. The molecule has 2 atom stereocenters. The Morgan fingerprint density at radius 3 is 2.71 bits per heavy atom. The number of benzene rings is 1. The number of Topliss-reactive ketones (excluding diaryl/α,β-unsaturated/α-hetero) is 1. The Labute approximate surface area is 205 Å². The van der Waals surface area contributed by atoms with Gasteiger partial charge in [-0.3, -0.25) is 9.78 Å². The van der Waals surface area contributed by atoms with Gasteiger partial charge in [0, 0.05) is 42.0 Å². The van der Waals surface area contributed by atoms with Gasteiger partial charge in [0.05, 0.1) is 24.2 Å². The van der Waals surface area contributed by atoms with Gasteiger partial charge < -0.3 is 9.84 Å². The number of aromatic nitrogens is 3. The molecule has 1 aromatic carbocycles. The van der Waals surface area contributed by atoms with E-state index in [-0.39, 0.29) is 28.7 Å². The molecule has 1 N–H and O–H groups in total. The summed E-state index contributed by atoms with van der Waals surface area (Å²) in [6, 6.07) is 7.97. The zero-order chi connectivity index (χ0) is 24.6. The normalized spacial score (nSPS) is 28.9. The Balaban J connectivity index is 1.09. The number of ketones is 1. The lowest BCUT2D eigenvalue weighted by Crippen LogP contribution is -2.65. The zero-order valence-electron chi connectivity index (χ0n) is 19.0. The van der Waals surface area contributed by atoms with E-state index in [0.717, 1.165) is 31.7 Å². The number of fused-ring (bicyclic) bond motifs is 1. The number of halogens is 3. The molecule has 6 nitrogen and oxygen atoms in total. The average Bonchev–Trinajstić information content (AvgIpc) is 3.25. The fraction of sp³-hybridized carbons (Fsp3) is 0.423. The molecule has 0 radical (unpaired) electrons. The van der Waals surface area contributed by atoms with Gasteiger partial charge in [-0.15, -0.1) is 0 Å². The standard InChI is InChI=1S/C26H24ClF2N3O3/c1-24(28,29)23-5-3-17(10-30-23)32-11-15(9-31-32)26-12-25(13-26,14-26)8-20(34)22-7-19(33)18-6-16(27)2-4-21(18)35-22/h2-6,9-11,19,22,33H,7-8,12-14H2,1H3/t19-,22+,25?,26?/m1/s1. The van der Waals surface area contributed by atoms with Gasteiger partial charge in [0.15, 0.2) is 11.9 Å². The van der Waals surface area contributed by atoms with Gasteiger partial charge >= 0.3 is 0 Å². The van der Waals surface area contributed by atoms with Gasteiger partial charge in [-0.25, -0.2) is 4.68 Å². The highest BCUT2D eigenvalue weighted by molar-refractivity contribution is 6.30. The number of pyridine rings is 1. The molecule has 1 aliphatic heterocycles. The Kier molecular flexibility index (Phi) is 4.90. The lowest BCUT2D eigenvalue weighted by atomic mass is 9.32. The van der Waals surface area contributed by atoms with Gasteiger partial charge in [-0.05, 0) is 60.6 Å². The molecule has 2 aromatic heterocycles. The van der Waals surface area contributed by atoms with Crippen molar-refractivity contribution in [1.82, 2.24) is 14.8 Å². The second kappa shape index (κ2) is 7.58. The highest BCUT2D eigenvalue weighted by Gasteiger charge is 2.69. The summed E-state index contributed by atoms with van der Waals surface area (Å²) in [6.07, 6.45) is 7.08. The first-order valence-electron chi connectivity index (χ1n) is 11.6. The number of rotatable bonds is 6. The first kappa shape index (κ1) is 22.6. The van der Waals surface area contributed by atoms with Crippen molar-refractivity contribution in [3.63, 3.8) is 0 Å². The maximum atomic E-state index is 13.4. The molecule has 182 valence electrons. The average molecular weight is 500 g/mol. The summed E-state index contributed by atoms with van der Waals surface area (Å²) in [6.45, 7) is 0.821. The van der Waals surface area contributed by atoms with Gasteiger partial charge in [0.25, 0.3) is 5.92 Å². The monoisotopic (exact) mass is 499 g/mol. The molecule has 0 spiro atoms. The van der Waals surface area contributed by atoms with E-state index in [1.54, 1.807) is 28.9 Å². The van der Waals surface area contributed by atoms with Crippen LogP contribution in [-0.4, -0.2) is 31.8 Å². The molecular weight excluding hydrogens is 476 g/mol. The van der Waals surface area contributed by atoms with Crippen LogP contribution in [-0.2, 0) is 16.1 Å². The van der Waals surface area contributed by atoms with Crippen molar-refractivity contribution in [2.45, 2.75) is 62.6 Å². The van der Waals surface area contributed by atoms with Crippen molar-refractivity contribution < 1.29 is 23.4 Å². The number of aliphatic hydroxyl groups is 1. The van der Waals surface area contributed by atoms with E-state index in [0.29, 0.717) is 28.4 Å². The minimum absolute atomic E-state index is 0.0125. The first-order valence-corrected chi connectivity index (χ1v) is 12.0. The molecule has 35 heavy (non-hydrogen) atoms. The van der Waals surface area contributed by atoms with Crippen LogP contribution in [0.2, 0.25) is 5.02 Å². The van der Waals surface area contributed by atoms with Gasteiger partial charge in [0.2, 0.25) is 0 Å². The van der Waals surface area contributed by atoms with Crippen LogP contribution in [0.4, 0.5) is 8.78 Å². The van der Waals surface area contributed by atoms with E-state index in [2.05, 4.69) is 10.1 Å². The predicted molar refractivity (Wildman–Crippen MR) is 124 cm³/mol. The number of aliphatic hydroxyl groups excluding tert-OH is 1. The van der Waals surface area contributed by atoms with Gasteiger partial charge in [-0.1, -0.05) is 11.6 Å². The van der Waals surface area contributed by atoms with Crippen LogP contribution < -0.4 is 4.74 Å². The summed E-state index contributed by atoms with van der Waals surface area (Å²) >= 11 is 6.01. The maximum Gasteiger partial charge on any atom is 0.286 e. The Morgan fingerprint density at radius 1 is 1.26 bits per heavy atom. The van der Waals surface area contributed by atoms with E-state index < -0.39 is 18.1 Å². The van der Waals surface area contributed by atoms with E-state index in [1.165, 1.54) is 12.3 Å². The van der Waals surface area contributed by atoms with Crippen molar-refractivity contribution in [3.8, 4) is 11.4 Å². The lowest BCUT2D eigenvalue weighted by Gasteiger charge is -2.71. The van der Waals surface area contributed by atoms with Crippen molar-refractivity contribution in [2.75, 3.05) is 0 Å². The molecule has 9 heteroatoms. The van der Waals surface area contributed by atoms with Crippen molar-refractivity contribution >= 4 is 17.4 Å². The number of carbonyl (C=O) groups excluding carboxylic acids is 1. The predicted octanol–water partition coefficient (Wildman–Crippen LogP) is 5.30. The third-order valence-corrected chi connectivity index (χ3v) is 7.98. The van der Waals surface area contributed by atoms with Crippen molar-refractivity contribution in [1.29, 1.82) is 0 Å². The summed E-state index contributed by atoms with van der Waals surface area (Å²) in [5, 5.41) is 15.4. The maximum absolute atomic E-state index is 13.4. The lowest BCUT2D eigenvalue weighted by molar-refractivity contribution is -0.163. The summed E-state index contributed by atoms with van der Waals surface area (Å²) in [5.74, 6) is -2.45. The smallest absolute Gasteiger partial charge is 0.286 e. The summed E-state index contributed by atoms with van der Waals surface area (Å²) in [4.78, 5) is 16.9. The van der Waals surface area contributed by atoms with Crippen LogP contribution >= 0.6 is 11.6 Å². The van der Waals surface area contributed by atoms with E-state index in [4.69, 9.17) is 16.3 Å². The summed E-state index contributed by atoms with van der Waals surface area (Å²) in [7, 11) is 0. The fourth-order valence-electron chi connectivity index (χ4n) is 6.11. The molecular formula is C26H24ClF2N3O3. The molecule has 3 saturated carbocycles.